The average molecular weight is 302 g/mol. The smallest absolute Gasteiger partial charge is 0.337 e. The Hall–Kier alpha value is -2.00. The molecule has 1 N–H and O–H groups in total. The average Bonchev–Trinajstić information content (AvgIpc) is 2.38. The van der Waals surface area contributed by atoms with Gasteiger partial charge in [-0.3, -0.25) is 10.1 Å². The second-order valence-corrected chi connectivity index (χ2v) is 5.74. The van der Waals surface area contributed by atoms with Crippen LogP contribution >= 0.6 is 0 Å². The lowest BCUT2D eigenvalue weighted by molar-refractivity contribution is -0.384. The highest BCUT2D eigenvalue weighted by molar-refractivity contribution is 7.89. The molecular weight excluding hydrogens is 288 g/mol. The number of non-ortho nitro benzene ring substituents is 1. The van der Waals surface area contributed by atoms with Gasteiger partial charge in [-0.05, 0) is 6.07 Å². The van der Waals surface area contributed by atoms with Gasteiger partial charge in [0, 0.05) is 25.2 Å². The number of nitro benzene ring substituents is 1. The number of sulfonamides is 1. The van der Waals surface area contributed by atoms with Crippen molar-refractivity contribution in [1.29, 1.82) is 0 Å². The van der Waals surface area contributed by atoms with E-state index >= 15 is 0 Å². The second-order valence-electron chi connectivity index (χ2n) is 3.83. The van der Waals surface area contributed by atoms with Crippen LogP contribution in [0.25, 0.3) is 0 Å². The number of carboxylic acid groups (broad SMARTS) is 1. The van der Waals surface area contributed by atoms with Gasteiger partial charge in [-0.25, -0.2) is 13.2 Å². The molecule has 0 saturated carbocycles. The first-order chi connectivity index (χ1) is 9.25. The molecule has 0 fully saturated rings. The van der Waals surface area contributed by atoms with E-state index in [9.17, 15) is 23.3 Å². The van der Waals surface area contributed by atoms with Crippen LogP contribution < -0.4 is 0 Å². The summed E-state index contributed by atoms with van der Waals surface area (Å²) in [7, 11) is -3.99. The van der Waals surface area contributed by atoms with Crippen LogP contribution in [0.4, 0.5) is 5.69 Å². The highest BCUT2D eigenvalue weighted by Crippen LogP contribution is 2.24. The summed E-state index contributed by atoms with van der Waals surface area (Å²) in [4.78, 5) is 20.6. The van der Waals surface area contributed by atoms with Gasteiger partial charge in [0.1, 0.15) is 0 Å². The summed E-state index contributed by atoms with van der Waals surface area (Å²) in [6, 6.07) is 2.68. The van der Waals surface area contributed by atoms with Crippen molar-refractivity contribution in [2.75, 3.05) is 13.1 Å². The Morgan fingerprint density at radius 2 is 1.90 bits per heavy atom. The summed E-state index contributed by atoms with van der Waals surface area (Å²) in [5.41, 5.74) is -1.08. The molecule has 0 bridgehead atoms. The Balaban J connectivity index is 3.53. The van der Waals surface area contributed by atoms with E-state index in [2.05, 4.69) is 0 Å². The van der Waals surface area contributed by atoms with Crippen molar-refractivity contribution in [1.82, 2.24) is 4.31 Å². The first-order valence-electron chi connectivity index (χ1n) is 5.77. The van der Waals surface area contributed by atoms with Crippen molar-refractivity contribution in [3.8, 4) is 0 Å². The zero-order chi connectivity index (χ0) is 15.5. The number of carboxylic acids is 1. The molecule has 1 rings (SSSR count). The van der Waals surface area contributed by atoms with Crippen molar-refractivity contribution in [3.05, 3.63) is 33.9 Å². The number of hydrogen-bond donors (Lipinski definition) is 1. The highest BCUT2D eigenvalue weighted by atomic mass is 32.2. The van der Waals surface area contributed by atoms with Gasteiger partial charge in [0.25, 0.3) is 5.69 Å². The molecule has 110 valence electrons. The summed E-state index contributed by atoms with van der Waals surface area (Å²) >= 11 is 0. The van der Waals surface area contributed by atoms with E-state index in [-0.39, 0.29) is 13.1 Å². The Labute approximate surface area is 115 Å². The van der Waals surface area contributed by atoms with Gasteiger partial charge in [-0.15, -0.1) is 0 Å². The van der Waals surface area contributed by atoms with Crippen LogP contribution in [0.5, 0.6) is 0 Å². The number of aromatic carboxylic acids is 1. The molecule has 0 unspecified atom stereocenters. The molecule has 0 aromatic heterocycles. The van der Waals surface area contributed by atoms with Crippen LogP contribution in [0.3, 0.4) is 0 Å². The van der Waals surface area contributed by atoms with Crippen molar-refractivity contribution in [2.45, 2.75) is 18.7 Å². The molecule has 8 nitrogen and oxygen atoms in total. The minimum Gasteiger partial charge on any atom is -0.478 e. The van der Waals surface area contributed by atoms with E-state index in [1.165, 1.54) is 0 Å². The third kappa shape index (κ3) is 2.94. The van der Waals surface area contributed by atoms with E-state index in [1.807, 2.05) is 0 Å². The number of nitrogens with zero attached hydrogens (tertiary/aromatic N) is 2. The monoisotopic (exact) mass is 302 g/mol. The zero-order valence-corrected chi connectivity index (χ0v) is 11.8. The predicted octanol–water partition coefficient (Wildman–Crippen LogP) is 1.32. The molecule has 0 spiro atoms. The molecule has 0 aliphatic heterocycles. The summed E-state index contributed by atoms with van der Waals surface area (Å²) in [6.07, 6.45) is 0. The third-order valence-electron chi connectivity index (χ3n) is 2.73. The second kappa shape index (κ2) is 5.97. The first kappa shape index (κ1) is 16.1. The maximum absolute atomic E-state index is 12.3. The van der Waals surface area contributed by atoms with E-state index in [0.29, 0.717) is 0 Å². The van der Waals surface area contributed by atoms with Crippen LogP contribution in [-0.4, -0.2) is 41.8 Å². The molecule has 9 heteroatoms. The lowest BCUT2D eigenvalue weighted by Gasteiger charge is -2.19. The minimum absolute atomic E-state index is 0.175. The molecule has 0 atom stereocenters. The predicted molar refractivity (Wildman–Crippen MR) is 70.2 cm³/mol. The van der Waals surface area contributed by atoms with Crippen molar-refractivity contribution >= 4 is 21.7 Å². The van der Waals surface area contributed by atoms with Gasteiger partial charge in [0.15, 0.2) is 0 Å². The number of rotatable bonds is 6. The molecule has 1 aromatic carbocycles. The number of hydrogen-bond acceptors (Lipinski definition) is 5. The highest BCUT2D eigenvalue weighted by Gasteiger charge is 2.28. The quantitative estimate of drug-likeness (QED) is 0.625. The molecule has 1 aromatic rings. The molecule has 0 heterocycles. The molecule has 0 aliphatic carbocycles. The Morgan fingerprint density at radius 1 is 1.35 bits per heavy atom. The number of nitro groups is 1. The largest absolute Gasteiger partial charge is 0.478 e. The zero-order valence-electron chi connectivity index (χ0n) is 10.9. The molecule has 20 heavy (non-hydrogen) atoms. The van der Waals surface area contributed by atoms with E-state index < -0.39 is 37.1 Å². The Bertz CT molecular complexity index is 636. The fourth-order valence-corrected chi connectivity index (χ4v) is 3.35. The molecular formula is C11H14N2O6S. The van der Waals surface area contributed by atoms with Crippen LogP contribution in [0.15, 0.2) is 23.1 Å². The summed E-state index contributed by atoms with van der Waals surface area (Å²) in [6.45, 7) is 3.59. The summed E-state index contributed by atoms with van der Waals surface area (Å²) in [5.74, 6) is -1.53. The van der Waals surface area contributed by atoms with Crippen LogP contribution in [0.2, 0.25) is 0 Å². The maximum Gasteiger partial charge on any atom is 0.337 e. The SMILES string of the molecule is CCN(CC)S(=O)(=O)c1ccc([N+](=O)[O-])cc1C(=O)O. The van der Waals surface area contributed by atoms with Crippen LogP contribution in [0.1, 0.15) is 24.2 Å². The Morgan fingerprint density at radius 3 is 2.30 bits per heavy atom. The van der Waals surface area contributed by atoms with Crippen molar-refractivity contribution < 1.29 is 23.2 Å². The lowest BCUT2D eigenvalue weighted by atomic mass is 10.2. The van der Waals surface area contributed by atoms with E-state index in [0.717, 1.165) is 22.5 Å². The van der Waals surface area contributed by atoms with E-state index in [4.69, 9.17) is 5.11 Å². The van der Waals surface area contributed by atoms with Gasteiger partial charge in [0.2, 0.25) is 10.0 Å². The number of carbonyl (C=O) groups is 1. The molecule has 0 amide bonds. The molecule has 0 saturated heterocycles. The minimum atomic E-state index is -3.99. The van der Waals surface area contributed by atoms with Gasteiger partial charge < -0.3 is 5.11 Å². The van der Waals surface area contributed by atoms with Gasteiger partial charge >= 0.3 is 5.97 Å². The standard InChI is InChI=1S/C11H14N2O6S/c1-3-12(4-2)20(18,19)10-6-5-8(13(16)17)7-9(10)11(14)15/h5-7H,3-4H2,1-2H3,(H,14,15). The van der Waals surface area contributed by atoms with Gasteiger partial charge in [-0.1, -0.05) is 13.8 Å². The van der Waals surface area contributed by atoms with Gasteiger partial charge in [0.05, 0.1) is 15.4 Å². The van der Waals surface area contributed by atoms with E-state index in [1.54, 1.807) is 13.8 Å². The Kier molecular flexibility index (Phi) is 4.79. The van der Waals surface area contributed by atoms with Crippen LogP contribution in [0, 0.1) is 10.1 Å². The summed E-state index contributed by atoms with van der Waals surface area (Å²) < 4.78 is 25.7. The van der Waals surface area contributed by atoms with Crippen molar-refractivity contribution in [2.24, 2.45) is 0 Å². The van der Waals surface area contributed by atoms with Gasteiger partial charge in [-0.2, -0.15) is 4.31 Å². The lowest BCUT2D eigenvalue weighted by Crippen LogP contribution is -2.31. The summed E-state index contributed by atoms with van der Waals surface area (Å²) in [5, 5.41) is 19.7. The first-order valence-corrected chi connectivity index (χ1v) is 7.21. The third-order valence-corrected chi connectivity index (χ3v) is 4.84. The molecule has 0 aliphatic rings. The van der Waals surface area contributed by atoms with Crippen molar-refractivity contribution in [3.63, 3.8) is 0 Å². The normalized spacial score (nSPS) is 11.6. The fourth-order valence-electron chi connectivity index (χ4n) is 1.73. The fraction of sp³-hybridized carbons (Fsp3) is 0.364. The number of benzene rings is 1. The maximum atomic E-state index is 12.3. The van der Waals surface area contributed by atoms with Crippen LogP contribution in [-0.2, 0) is 10.0 Å². The molecule has 0 radical (unpaired) electrons. The topological polar surface area (TPSA) is 118 Å².